The molecule has 0 radical (unpaired) electrons. The topological polar surface area (TPSA) is 80.2 Å². The highest BCUT2D eigenvalue weighted by molar-refractivity contribution is 7.89. The maximum atomic E-state index is 13.4. The second-order valence-corrected chi connectivity index (χ2v) is 7.96. The molecule has 8 heteroatoms. The summed E-state index contributed by atoms with van der Waals surface area (Å²) in [6, 6.07) is 4.06. The van der Waals surface area contributed by atoms with E-state index < -0.39 is 15.9 Å². The van der Waals surface area contributed by atoms with E-state index in [-0.39, 0.29) is 16.8 Å². The maximum absolute atomic E-state index is 13.4. The highest BCUT2D eigenvalue weighted by atomic mass is 32.2. The zero-order valence-corrected chi connectivity index (χ0v) is 15.1. The largest absolute Gasteiger partial charge is 0.345 e. The van der Waals surface area contributed by atoms with Crippen LogP contribution in [0.3, 0.4) is 0 Å². The van der Waals surface area contributed by atoms with Crippen LogP contribution in [-0.2, 0) is 23.5 Å². The van der Waals surface area contributed by atoms with Crippen LogP contribution >= 0.6 is 0 Å². The quantitative estimate of drug-likeness (QED) is 0.876. The Balaban J connectivity index is 1.99. The van der Waals surface area contributed by atoms with E-state index in [0.717, 1.165) is 0 Å². The molecule has 3 rings (SSSR count). The predicted octanol–water partition coefficient (Wildman–Crippen LogP) is 2.34. The van der Waals surface area contributed by atoms with E-state index >= 15 is 0 Å². The van der Waals surface area contributed by atoms with Crippen molar-refractivity contribution >= 4 is 21.6 Å². The summed E-state index contributed by atoms with van der Waals surface area (Å²) in [6.45, 7) is 3.50. The fourth-order valence-electron chi connectivity index (χ4n) is 3.09. The van der Waals surface area contributed by atoms with Gasteiger partial charge in [-0.1, -0.05) is 6.92 Å². The first kappa shape index (κ1) is 17.6. The summed E-state index contributed by atoms with van der Waals surface area (Å²) in [4.78, 5) is 12.9. The Morgan fingerprint density at radius 2 is 2.16 bits per heavy atom. The third-order valence-corrected chi connectivity index (χ3v) is 6.01. The first-order chi connectivity index (χ1) is 11.7. The molecule has 0 aliphatic carbocycles. The Labute approximate surface area is 146 Å². The molecule has 0 fully saturated rings. The van der Waals surface area contributed by atoms with Crippen molar-refractivity contribution < 1.29 is 17.6 Å². The molecule has 134 valence electrons. The number of nitrogens with zero attached hydrogens (tertiary/aromatic N) is 1. The number of rotatable bonds is 3. The average Bonchev–Trinajstić information content (AvgIpc) is 2.87. The number of anilines is 1. The summed E-state index contributed by atoms with van der Waals surface area (Å²) >= 11 is 0. The number of amides is 1. The van der Waals surface area contributed by atoms with E-state index in [0.29, 0.717) is 35.3 Å². The summed E-state index contributed by atoms with van der Waals surface area (Å²) in [7, 11) is -1.99. The van der Waals surface area contributed by atoms with Crippen LogP contribution in [0.1, 0.15) is 35.0 Å². The number of hydrogen-bond acceptors (Lipinski definition) is 3. The van der Waals surface area contributed by atoms with Gasteiger partial charge < -0.3 is 9.88 Å². The van der Waals surface area contributed by atoms with Crippen molar-refractivity contribution in [3.63, 3.8) is 0 Å². The molecule has 25 heavy (non-hydrogen) atoms. The summed E-state index contributed by atoms with van der Waals surface area (Å²) in [5.41, 5.74) is 1.71. The molecule has 2 N–H and O–H groups in total. The number of carbonyl (C=O) groups excluding carboxylic acids is 1. The van der Waals surface area contributed by atoms with Crippen LogP contribution in [-0.4, -0.2) is 24.9 Å². The van der Waals surface area contributed by atoms with Gasteiger partial charge >= 0.3 is 0 Å². The Hall–Kier alpha value is -2.19. The highest BCUT2D eigenvalue weighted by Crippen LogP contribution is 2.29. The van der Waals surface area contributed by atoms with Gasteiger partial charge in [0.05, 0.1) is 0 Å². The first-order valence-corrected chi connectivity index (χ1v) is 9.49. The molecule has 1 aliphatic heterocycles. The number of aryl methyl sites for hydroxylation is 2. The lowest BCUT2D eigenvalue weighted by Gasteiger charge is -2.23. The molecule has 0 bridgehead atoms. The Bertz CT molecular complexity index is 950. The first-order valence-electron chi connectivity index (χ1n) is 8.01. The molecule has 6 nitrogen and oxygen atoms in total. The minimum absolute atomic E-state index is 0.139. The number of sulfonamides is 1. The van der Waals surface area contributed by atoms with Crippen LogP contribution in [0.25, 0.3) is 0 Å². The molecule has 2 heterocycles. The molecule has 0 saturated heterocycles. The third-order valence-electron chi connectivity index (χ3n) is 4.43. The van der Waals surface area contributed by atoms with Crippen molar-refractivity contribution in [3.8, 4) is 0 Å². The highest BCUT2D eigenvalue weighted by Gasteiger charge is 2.34. The third kappa shape index (κ3) is 3.19. The Morgan fingerprint density at radius 1 is 1.44 bits per heavy atom. The SMILES string of the molecule is CCC1Cc2c(cn(C)c2C(=O)Nc2ccc(F)c(C)c2)S(=O)(=O)N1. The van der Waals surface area contributed by atoms with E-state index in [1.807, 2.05) is 6.92 Å². The van der Waals surface area contributed by atoms with Crippen molar-refractivity contribution in [2.45, 2.75) is 37.6 Å². The van der Waals surface area contributed by atoms with E-state index in [2.05, 4.69) is 10.0 Å². The number of halogens is 1. The van der Waals surface area contributed by atoms with Crippen LogP contribution in [0.5, 0.6) is 0 Å². The van der Waals surface area contributed by atoms with Gasteiger partial charge in [0.25, 0.3) is 5.91 Å². The zero-order chi connectivity index (χ0) is 18.4. The van der Waals surface area contributed by atoms with Crippen LogP contribution in [0.4, 0.5) is 10.1 Å². The van der Waals surface area contributed by atoms with Crippen LogP contribution < -0.4 is 10.0 Å². The molecule has 1 unspecified atom stereocenters. The number of nitrogens with one attached hydrogen (secondary N) is 2. The van der Waals surface area contributed by atoms with E-state index in [4.69, 9.17) is 0 Å². The Morgan fingerprint density at radius 3 is 2.80 bits per heavy atom. The smallest absolute Gasteiger partial charge is 0.272 e. The summed E-state index contributed by atoms with van der Waals surface area (Å²) in [5, 5.41) is 2.72. The van der Waals surface area contributed by atoms with Crippen LogP contribution in [0.15, 0.2) is 29.3 Å². The van der Waals surface area contributed by atoms with Gasteiger partial charge in [-0.05, 0) is 43.5 Å². The van der Waals surface area contributed by atoms with Crippen molar-refractivity contribution in [3.05, 3.63) is 47.0 Å². The maximum Gasteiger partial charge on any atom is 0.272 e. The monoisotopic (exact) mass is 365 g/mol. The zero-order valence-electron chi connectivity index (χ0n) is 14.3. The second-order valence-electron chi connectivity index (χ2n) is 6.28. The van der Waals surface area contributed by atoms with Gasteiger partial charge in [0.15, 0.2) is 0 Å². The molecule has 1 atom stereocenters. The number of carbonyl (C=O) groups is 1. The molecular formula is C17H20FN3O3S. The number of benzene rings is 1. The van der Waals surface area contributed by atoms with Gasteiger partial charge in [-0.25, -0.2) is 17.5 Å². The lowest BCUT2D eigenvalue weighted by Crippen LogP contribution is -2.40. The summed E-state index contributed by atoms with van der Waals surface area (Å²) in [6.07, 6.45) is 2.54. The van der Waals surface area contributed by atoms with E-state index in [9.17, 15) is 17.6 Å². The summed E-state index contributed by atoms with van der Waals surface area (Å²) in [5.74, 6) is -0.765. The van der Waals surface area contributed by atoms with Crippen molar-refractivity contribution in [1.82, 2.24) is 9.29 Å². The number of hydrogen-bond donors (Lipinski definition) is 2. The normalized spacial score (nSPS) is 18.6. The van der Waals surface area contributed by atoms with Gasteiger partial charge in [-0.3, -0.25) is 4.79 Å². The fourth-order valence-corrected chi connectivity index (χ4v) is 4.70. The molecule has 2 aromatic rings. The average molecular weight is 365 g/mol. The lowest BCUT2D eigenvalue weighted by atomic mass is 10.0. The van der Waals surface area contributed by atoms with Gasteiger partial charge in [-0.2, -0.15) is 0 Å². The van der Waals surface area contributed by atoms with E-state index in [1.165, 1.54) is 29.0 Å². The molecule has 1 aromatic heterocycles. The van der Waals surface area contributed by atoms with Crippen LogP contribution in [0.2, 0.25) is 0 Å². The van der Waals surface area contributed by atoms with Gasteiger partial charge in [0.2, 0.25) is 10.0 Å². The van der Waals surface area contributed by atoms with Gasteiger partial charge in [0.1, 0.15) is 16.4 Å². The molecular weight excluding hydrogens is 345 g/mol. The molecule has 0 spiro atoms. The lowest BCUT2D eigenvalue weighted by molar-refractivity contribution is 0.101. The second kappa shape index (κ2) is 6.27. The van der Waals surface area contributed by atoms with Crippen molar-refractivity contribution in [1.29, 1.82) is 0 Å². The molecule has 1 amide bonds. The van der Waals surface area contributed by atoms with Gasteiger partial charge in [0, 0.05) is 30.5 Å². The van der Waals surface area contributed by atoms with Gasteiger partial charge in [-0.15, -0.1) is 0 Å². The predicted molar refractivity (Wildman–Crippen MR) is 92.6 cm³/mol. The molecule has 0 saturated carbocycles. The van der Waals surface area contributed by atoms with E-state index in [1.54, 1.807) is 14.0 Å². The number of aromatic nitrogens is 1. The molecule has 1 aromatic carbocycles. The fraction of sp³-hybridized carbons (Fsp3) is 0.353. The van der Waals surface area contributed by atoms with Crippen molar-refractivity contribution in [2.24, 2.45) is 7.05 Å². The number of fused-ring (bicyclic) bond motifs is 1. The standard InChI is InChI=1S/C17H20FN3O3S/c1-4-11-8-13-15(25(23,24)20-11)9-21(3)16(13)17(22)19-12-5-6-14(18)10(2)7-12/h5-7,9,11,20H,4,8H2,1-3H3,(H,19,22). The minimum Gasteiger partial charge on any atom is -0.345 e. The van der Waals surface area contributed by atoms with Crippen molar-refractivity contribution in [2.75, 3.05) is 5.32 Å². The Kier molecular flexibility index (Phi) is 4.42. The molecule has 1 aliphatic rings. The van der Waals surface area contributed by atoms with Crippen LogP contribution in [0, 0.1) is 12.7 Å². The minimum atomic E-state index is -3.62. The summed E-state index contributed by atoms with van der Waals surface area (Å²) < 4.78 is 42.3.